The highest BCUT2D eigenvalue weighted by Crippen LogP contribution is 2.24. The number of aromatic carboxylic acids is 1. The number of carbonyl (C=O) groups is 1. The van der Waals surface area contributed by atoms with E-state index in [4.69, 9.17) is 19.7 Å². The average molecular weight is 365 g/mol. The number of benzene rings is 1. The van der Waals surface area contributed by atoms with E-state index in [2.05, 4.69) is 10.3 Å². The zero-order valence-corrected chi connectivity index (χ0v) is 13.7. The van der Waals surface area contributed by atoms with Crippen LogP contribution in [0.3, 0.4) is 0 Å². The Bertz CT molecular complexity index is 766. The van der Waals surface area contributed by atoms with Crippen LogP contribution in [-0.4, -0.2) is 72.9 Å². The topological polar surface area (TPSA) is 147 Å². The van der Waals surface area contributed by atoms with Crippen LogP contribution >= 0.6 is 0 Å². The predicted molar refractivity (Wildman–Crippen MR) is 85.6 cm³/mol. The largest absolute Gasteiger partial charge is 0.487 e. The lowest BCUT2D eigenvalue weighted by Gasteiger charge is -2.36. The van der Waals surface area contributed by atoms with Crippen LogP contribution in [0.2, 0.25) is 0 Å². The molecule has 0 spiro atoms. The summed E-state index contributed by atoms with van der Waals surface area (Å²) in [6.07, 6.45) is -1.69. The van der Waals surface area contributed by atoms with Crippen molar-refractivity contribution in [3.05, 3.63) is 41.7 Å². The summed E-state index contributed by atoms with van der Waals surface area (Å²) < 4.78 is 12.2. The number of hydrogen-bond donors (Lipinski definition) is 4. The van der Waals surface area contributed by atoms with Gasteiger partial charge in [-0.2, -0.15) is 0 Å². The molecule has 4 N–H and O–H groups in total. The second-order valence-corrected chi connectivity index (χ2v) is 5.91. The second kappa shape index (κ2) is 7.79. The fraction of sp³-hybridized carbons (Fsp3) is 0.438. The van der Waals surface area contributed by atoms with Gasteiger partial charge < -0.3 is 29.9 Å². The van der Waals surface area contributed by atoms with Gasteiger partial charge in [-0.1, -0.05) is 11.3 Å². The standard InChI is InChI=1S/C16H19N3O7/c20-6-13-15(22)14(21)12(8-26-13)19-5-10(17-18-19)7-25-11-3-1-2-9(4-11)16(23)24/h1-5,12-15,20-22H,6-8H2,(H,23,24)/t12-,13+,14+,15-/m0/s1. The van der Waals surface area contributed by atoms with Gasteiger partial charge in [0.15, 0.2) is 0 Å². The van der Waals surface area contributed by atoms with Crippen molar-refractivity contribution < 1.29 is 34.7 Å². The number of hydrogen-bond acceptors (Lipinski definition) is 8. The van der Waals surface area contributed by atoms with Crippen LogP contribution in [0.1, 0.15) is 22.1 Å². The Balaban J connectivity index is 1.63. The van der Waals surface area contributed by atoms with Gasteiger partial charge in [0.2, 0.25) is 0 Å². The van der Waals surface area contributed by atoms with Gasteiger partial charge in [0.25, 0.3) is 0 Å². The van der Waals surface area contributed by atoms with Crippen LogP contribution in [-0.2, 0) is 11.3 Å². The number of ether oxygens (including phenoxy) is 2. The Morgan fingerprint density at radius 3 is 2.88 bits per heavy atom. The number of carboxylic acid groups (broad SMARTS) is 1. The average Bonchev–Trinajstić information content (AvgIpc) is 3.11. The highest BCUT2D eigenvalue weighted by Gasteiger charge is 2.39. The highest BCUT2D eigenvalue weighted by atomic mass is 16.5. The van der Waals surface area contributed by atoms with E-state index in [9.17, 15) is 15.0 Å². The summed E-state index contributed by atoms with van der Waals surface area (Å²) in [5.74, 6) is -0.672. The quantitative estimate of drug-likeness (QED) is 0.517. The van der Waals surface area contributed by atoms with Crippen molar-refractivity contribution in [1.29, 1.82) is 0 Å². The van der Waals surface area contributed by atoms with E-state index in [1.165, 1.54) is 16.8 Å². The summed E-state index contributed by atoms with van der Waals surface area (Å²) in [5, 5.41) is 46.0. The van der Waals surface area contributed by atoms with E-state index in [1.54, 1.807) is 18.3 Å². The minimum Gasteiger partial charge on any atom is -0.487 e. The van der Waals surface area contributed by atoms with E-state index in [1.807, 2.05) is 0 Å². The molecule has 1 aromatic heterocycles. The van der Waals surface area contributed by atoms with Crippen LogP contribution in [0.5, 0.6) is 5.75 Å². The first-order valence-corrected chi connectivity index (χ1v) is 7.95. The molecule has 0 radical (unpaired) electrons. The highest BCUT2D eigenvalue weighted by molar-refractivity contribution is 5.87. The Labute approximate surface area is 148 Å². The van der Waals surface area contributed by atoms with Crippen molar-refractivity contribution in [1.82, 2.24) is 15.0 Å². The first-order valence-electron chi connectivity index (χ1n) is 7.95. The number of nitrogens with zero attached hydrogens (tertiary/aromatic N) is 3. The van der Waals surface area contributed by atoms with E-state index in [0.717, 1.165) is 0 Å². The van der Waals surface area contributed by atoms with Gasteiger partial charge in [-0.05, 0) is 18.2 Å². The molecule has 0 aliphatic carbocycles. The molecular formula is C16H19N3O7. The molecule has 1 aromatic carbocycles. The lowest BCUT2D eigenvalue weighted by molar-refractivity contribution is -0.171. The van der Waals surface area contributed by atoms with Crippen molar-refractivity contribution in [3.8, 4) is 5.75 Å². The molecule has 2 heterocycles. The summed E-state index contributed by atoms with van der Waals surface area (Å²) in [4.78, 5) is 11.0. The van der Waals surface area contributed by atoms with Crippen molar-refractivity contribution in [2.24, 2.45) is 0 Å². The molecule has 0 bridgehead atoms. The molecule has 10 nitrogen and oxygen atoms in total. The molecule has 140 valence electrons. The molecule has 2 aromatic rings. The Hall–Kier alpha value is -2.53. The fourth-order valence-electron chi connectivity index (χ4n) is 2.68. The minimum atomic E-state index is -1.23. The summed E-state index contributed by atoms with van der Waals surface area (Å²) in [5.41, 5.74) is 0.567. The number of aliphatic hydroxyl groups excluding tert-OH is 3. The van der Waals surface area contributed by atoms with Gasteiger partial charge in [0, 0.05) is 0 Å². The first-order chi connectivity index (χ1) is 12.5. The number of carboxylic acids is 1. The lowest BCUT2D eigenvalue weighted by Crippen LogP contribution is -2.52. The molecule has 1 aliphatic heterocycles. The van der Waals surface area contributed by atoms with Gasteiger partial charge in [-0.25, -0.2) is 9.48 Å². The van der Waals surface area contributed by atoms with E-state index in [-0.39, 0.29) is 18.8 Å². The third-order valence-electron chi connectivity index (χ3n) is 4.15. The van der Waals surface area contributed by atoms with E-state index in [0.29, 0.717) is 11.4 Å². The summed E-state index contributed by atoms with van der Waals surface area (Å²) >= 11 is 0. The summed E-state index contributed by atoms with van der Waals surface area (Å²) in [6, 6.07) is 5.41. The number of aliphatic hydroxyl groups is 3. The zero-order chi connectivity index (χ0) is 18.7. The van der Waals surface area contributed by atoms with Crippen LogP contribution < -0.4 is 4.74 Å². The molecular weight excluding hydrogens is 346 g/mol. The van der Waals surface area contributed by atoms with Crippen LogP contribution in [0, 0.1) is 0 Å². The predicted octanol–water partition coefficient (Wildman–Crippen LogP) is -0.791. The smallest absolute Gasteiger partial charge is 0.335 e. The van der Waals surface area contributed by atoms with Crippen molar-refractivity contribution in [2.75, 3.05) is 13.2 Å². The van der Waals surface area contributed by atoms with Crippen molar-refractivity contribution >= 4 is 5.97 Å². The second-order valence-electron chi connectivity index (χ2n) is 5.91. The van der Waals surface area contributed by atoms with Crippen LogP contribution in [0.15, 0.2) is 30.5 Å². The van der Waals surface area contributed by atoms with Gasteiger partial charge in [-0.3, -0.25) is 0 Å². The van der Waals surface area contributed by atoms with Crippen LogP contribution in [0.25, 0.3) is 0 Å². The molecule has 1 saturated heterocycles. The lowest BCUT2D eigenvalue weighted by atomic mass is 9.98. The number of rotatable bonds is 6. The van der Waals surface area contributed by atoms with Gasteiger partial charge in [-0.15, -0.1) is 5.10 Å². The minimum absolute atomic E-state index is 0.0502. The summed E-state index contributed by atoms with van der Waals surface area (Å²) in [6.45, 7) is -0.279. The third-order valence-corrected chi connectivity index (χ3v) is 4.15. The number of aromatic nitrogens is 3. The Kier molecular flexibility index (Phi) is 5.47. The van der Waals surface area contributed by atoms with Gasteiger partial charge in [0.1, 0.15) is 42.4 Å². The normalized spacial score (nSPS) is 25.8. The molecule has 1 fully saturated rings. The van der Waals surface area contributed by atoms with Crippen molar-refractivity contribution in [2.45, 2.75) is 31.0 Å². The fourth-order valence-corrected chi connectivity index (χ4v) is 2.68. The molecule has 10 heteroatoms. The Morgan fingerprint density at radius 1 is 1.35 bits per heavy atom. The molecule has 0 unspecified atom stereocenters. The molecule has 26 heavy (non-hydrogen) atoms. The van der Waals surface area contributed by atoms with Gasteiger partial charge >= 0.3 is 5.97 Å². The maximum Gasteiger partial charge on any atom is 0.335 e. The van der Waals surface area contributed by atoms with Crippen LogP contribution in [0.4, 0.5) is 0 Å². The first kappa shape index (κ1) is 18.3. The molecule has 0 saturated carbocycles. The Morgan fingerprint density at radius 2 is 2.15 bits per heavy atom. The SMILES string of the molecule is O=C(O)c1cccc(OCc2cn([C@H]3CO[C@H](CO)[C@H](O)[C@@H]3O)nn2)c1. The van der Waals surface area contributed by atoms with Crippen molar-refractivity contribution in [3.63, 3.8) is 0 Å². The monoisotopic (exact) mass is 365 g/mol. The molecule has 1 aliphatic rings. The third kappa shape index (κ3) is 3.83. The maximum atomic E-state index is 11.0. The maximum absolute atomic E-state index is 11.0. The molecule has 4 atom stereocenters. The zero-order valence-electron chi connectivity index (χ0n) is 13.7. The summed E-state index contributed by atoms with van der Waals surface area (Å²) in [7, 11) is 0. The molecule has 0 amide bonds. The van der Waals surface area contributed by atoms with E-state index >= 15 is 0 Å². The van der Waals surface area contributed by atoms with Gasteiger partial charge in [0.05, 0.1) is 25.0 Å². The van der Waals surface area contributed by atoms with E-state index < -0.39 is 36.9 Å². The molecule has 3 rings (SSSR count).